The number of benzene rings is 1. The molecular weight excluding hydrogens is 392 g/mol. The van der Waals surface area contributed by atoms with Crippen LogP contribution in [0, 0.1) is 0 Å². The fourth-order valence-electron chi connectivity index (χ4n) is 3.75. The van der Waals surface area contributed by atoms with Crippen molar-refractivity contribution in [3.8, 4) is 5.69 Å². The van der Waals surface area contributed by atoms with Gasteiger partial charge >= 0.3 is 0 Å². The zero-order valence-electron chi connectivity index (χ0n) is 16.3. The van der Waals surface area contributed by atoms with Gasteiger partial charge in [0.25, 0.3) is 5.56 Å². The van der Waals surface area contributed by atoms with E-state index in [1.165, 1.54) is 23.3 Å². The van der Waals surface area contributed by atoms with Crippen molar-refractivity contribution in [2.45, 2.75) is 32.1 Å². The molecule has 0 saturated heterocycles. The maximum atomic E-state index is 13.6. The summed E-state index contributed by atoms with van der Waals surface area (Å²) >= 11 is 7.91. The van der Waals surface area contributed by atoms with E-state index in [9.17, 15) is 4.79 Å². The van der Waals surface area contributed by atoms with Crippen LogP contribution < -0.4 is 10.9 Å². The van der Waals surface area contributed by atoms with Crippen LogP contribution >= 0.6 is 22.9 Å². The molecule has 3 aromatic rings. The van der Waals surface area contributed by atoms with Crippen LogP contribution in [-0.4, -0.2) is 41.6 Å². The lowest BCUT2D eigenvalue weighted by Crippen LogP contribution is -2.27. The molecule has 1 aliphatic carbocycles. The second kappa shape index (κ2) is 8.23. The lowest BCUT2D eigenvalue weighted by molar-refractivity contribution is 0.424. The number of likely N-dealkylation sites (N-methyl/N-ethyl adjacent to an activating group) is 1. The summed E-state index contributed by atoms with van der Waals surface area (Å²) in [7, 11) is 4.05. The summed E-state index contributed by atoms with van der Waals surface area (Å²) in [6.45, 7) is 1.56. The van der Waals surface area contributed by atoms with Crippen molar-refractivity contribution in [3.05, 3.63) is 50.1 Å². The highest BCUT2D eigenvalue weighted by Gasteiger charge is 2.22. The predicted molar refractivity (Wildman–Crippen MR) is 119 cm³/mol. The van der Waals surface area contributed by atoms with Gasteiger partial charge in [0.15, 0.2) is 0 Å². The van der Waals surface area contributed by atoms with E-state index >= 15 is 0 Å². The van der Waals surface area contributed by atoms with Gasteiger partial charge in [-0.25, -0.2) is 9.55 Å². The van der Waals surface area contributed by atoms with E-state index in [0.29, 0.717) is 17.5 Å². The smallest absolute Gasteiger partial charge is 0.268 e. The average molecular weight is 417 g/mol. The number of hydrogen-bond donors (Lipinski definition) is 1. The van der Waals surface area contributed by atoms with Crippen molar-refractivity contribution >= 4 is 39.1 Å². The second-order valence-corrected chi connectivity index (χ2v) is 9.05. The zero-order valence-corrected chi connectivity index (χ0v) is 17.9. The van der Waals surface area contributed by atoms with Gasteiger partial charge in [-0.3, -0.25) is 4.79 Å². The molecular formula is C21H25ClN4OS. The number of halogens is 1. The van der Waals surface area contributed by atoms with Crippen LogP contribution in [0.3, 0.4) is 0 Å². The molecule has 0 fully saturated rings. The molecule has 7 heteroatoms. The van der Waals surface area contributed by atoms with Gasteiger partial charge in [-0.15, -0.1) is 11.3 Å². The van der Waals surface area contributed by atoms with E-state index in [1.54, 1.807) is 15.9 Å². The molecule has 0 saturated carbocycles. The number of anilines is 1. The van der Waals surface area contributed by atoms with Crippen molar-refractivity contribution in [1.82, 2.24) is 14.5 Å². The number of fused-ring (bicyclic) bond motifs is 3. The van der Waals surface area contributed by atoms with Crippen molar-refractivity contribution in [2.24, 2.45) is 0 Å². The average Bonchev–Trinajstić information content (AvgIpc) is 2.83. The number of hydrogen-bond acceptors (Lipinski definition) is 5. The highest BCUT2D eigenvalue weighted by atomic mass is 35.5. The first kappa shape index (κ1) is 19.4. The Bertz CT molecular complexity index is 1060. The van der Waals surface area contributed by atoms with Gasteiger partial charge in [0.1, 0.15) is 4.83 Å². The van der Waals surface area contributed by atoms with E-state index in [2.05, 4.69) is 10.2 Å². The third-order valence-electron chi connectivity index (χ3n) is 5.15. The molecule has 0 atom stereocenters. The molecule has 0 aliphatic heterocycles. The lowest BCUT2D eigenvalue weighted by Gasteiger charge is -2.16. The Kier molecular flexibility index (Phi) is 5.71. The number of rotatable bonds is 5. The number of thiophene rings is 1. The predicted octanol–water partition coefficient (Wildman–Crippen LogP) is 4.34. The summed E-state index contributed by atoms with van der Waals surface area (Å²) in [5.74, 6) is 0.582. The number of nitrogens with zero attached hydrogens (tertiary/aromatic N) is 3. The van der Waals surface area contributed by atoms with Gasteiger partial charge in [0, 0.05) is 23.0 Å². The van der Waals surface area contributed by atoms with Crippen LogP contribution in [0.25, 0.3) is 15.9 Å². The van der Waals surface area contributed by atoms with Gasteiger partial charge < -0.3 is 10.2 Å². The molecule has 4 rings (SSSR count). The topological polar surface area (TPSA) is 50.2 Å². The summed E-state index contributed by atoms with van der Waals surface area (Å²) in [6.07, 6.45) is 5.57. The molecule has 1 aliphatic rings. The minimum absolute atomic E-state index is 0.000908. The van der Waals surface area contributed by atoms with E-state index in [-0.39, 0.29) is 5.56 Å². The fourth-order valence-corrected chi connectivity index (χ4v) is 5.18. The Morgan fingerprint density at radius 3 is 2.86 bits per heavy atom. The summed E-state index contributed by atoms with van der Waals surface area (Å²) in [4.78, 5) is 22.8. The molecule has 28 heavy (non-hydrogen) atoms. The van der Waals surface area contributed by atoms with E-state index in [4.69, 9.17) is 16.6 Å². The maximum Gasteiger partial charge on any atom is 0.268 e. The highest BCUT2D eigenvalue weighted by molar-refractivity contribution is 7.18. The van der Waals surface area contributed by atoms with Crippen LogP contribution in [-0.2, 0) is 12.8 Å². The number of aryl methyl sites for hydroxylation is 2. The third kappa shape index (κ3) is 3.81. The van der Waals surface area contributed by atoms with Crippen molar-refractivity contribution in [3.63, 3.8) is 0 Å². The molecule has 0 unspecified atom stereocenters. The zero-order chi connectivity index (χ0) is 19.7. The van der Waals surface area contributed by atoms with Crippen molar-refractivity contribution in [1.29, 1.82) is 0 Å². The molecule has 2 heterocycles. The van der Waals surface area contributed by atoms with Crippen LogP contribution in [0.5, 0.6) is 0 Å². The van der Waals surface area contributed by atoms with Gasteiger partial charge in [-0.05, 0) is 63.5 Å². The van der Waals surface area contributed by atoms with E-state index < -0.39 is 0 Å². The number of aromatic nitrogens is 2. The molecule has 0 radical (unpaired) electrons. The van der Waals surface area contributed by atoms with Gasteiger partial charge in [-0.1, -0.05) is 24.1 Å². The quantitative estimate of drug-likeness (QED) is 0.628. The van der Waals surface area contributed by atoms with Crippen LogP contribution in [0.1, 0.15) is 29.7 Å². The summed E-state index contributed by atoms with van der Waals surface area (Å²) < 4.78 is 1.68. The Hall–Kier alpha value is -1.89. The van der Waals surface area contributed by atoms with Gasteiger partial charge in [-0.2, -0.15) is 0 Å². The normalized spacial score (nSPS) is 14.3. The maximum absolute atomic E-state index is 13.6. The molecule has 0 spiro atoms. The minimum Gasteiger partial charge on any atom is -0.354 e. The molecule has 148 valence electrons. The third-order valence-corrected chi connectivity index (χ3v) is 6.57. The molecule has 1 N–H and O–H groups in total. The van der Waals surface area contributed by atoms with Crippen LogP contribution in [0.2, 0.25) is 5.02 Å². The summed E-state index contributed by atoms with van der Waals surface area (Å²) in [5, 5.41) is 4.76. The summed E-state index contributed by atoms with van der Waals surface area (Å²) in [6, 6.07) is 7.41. The second-order valence-electron chi connectivity index (χ2n) is 7.53. The Morgan fingerprint density at radius 1 is 1.25 bits per heavy atom. The standard InChI is InChI=1S/C21H25ClN4OS/c1-25(2)12-11-23-21-24-19-18(16-9-4-3-5-10-17(16)28-19)20(27)26(21)15-8-6-7-14(22)13-15/h6-8,13H,3-5,9-12H2,1-2H3,(H,23,24). The molecule has 1 aromatic carbocycles. The van der Waals surface area contributed by atoms with Crippen LogP contribution in [0.4, 0.5) is 5.95 Å². The largest absolute Gasteiger partial charge is 0.354 e. The SMILES string of the molecule is CN(C)CCNc1nc2sc3c(c2c(=O)n1-c1cccc(Cl)c1)CCCCC3. The molecule has 5 nitrogen and oxygen atoms in total. The fraction of sp³-hybridized carbons (Fsp3) is 0.429. The highest BCUT2D eigenvalue weighted by Crippen LogP contribution is 2.34. The first-order chi connectivity index (χ1) is 13.5. The molecule has 2 aromatic heterocycles. The Morgan fingerprint density at radius 2 is 2.07 bits per heavy atom. The minimum atomic E-state index is -0.000908. The van der Waals surface area contributed by atoms with Crippen molar-refractivity contribution < 1.29 is 0 Å². The first-order valence-corrected chi connectivity index (χ1v) is 11.0. The van der Waals surface area contributed by atoms with Crippen molar-refractivity contribution in [2.75, 3.05) is 32.5 Å². The van der Waals surface area contributed by atoms with E-state index in [0.717, 1.165) is 41.7 Å². The molecule has 0 bridgehead atoms. The van der Waals surface area contributed by atoms with Gasteiger partial charge in [0.05, 0.1) is 11.1 Å². The molecule has 0 amide bonds. The van der Waals surface area contributed by atoms with E-state index in [1.807, 2.05) is 38.4 Å². The Balaban J connectivity index is 1.90. The monoisotopic (exact) mass is 416 g/mol. The van der Waals surface area contributed by atoms with Crippen LogP contribution in [0.15, 0.2) is 29.1 Å². The number of nitrogens with one attached hydrogen (secondary N) is 1. The summed E-state index contributed by atoms with van der Waals surface area (Å²) in [5.41, 5.74) is 1.96. The first-order valence-electron chi connectivity index (χ1n) is 9.76. The lowest BCUT2D eigenvalue weighted by atomic mass is 10.1. The Labute approximate surface area is 174 Å². The van der Waals surface area contributed by atoms with Gasteiger partial charge in [0.2, 0.25) is 5.95 Å².